The lowest BCUT2D eigenvalue weighted by Crippen LogP contribution is -2.41. The molecule has 2 atom stereocenters. The lowest BCUT2D eigenvalue weighted by atomic mass is 9.97. The number of hydrogen-bond donors (Lipinski definition) is 0. The summed E-state index contributed by atoms with van der Waals surface area (Å²) < 4.78 is 64.8. The minimum atomic E-state index is -4.91. The van der Waals surface area contributed by atoms with E-state index in [-0.39, 0.29) is 37.7 Å². The molecule has 0 saturated heterocycles. The Morgan fingerprint density at radius 2 is 1.82 bits per heavy atom. The summed E-state index contributed by atoms with van der Waals surface area (Å²) in [5, 5.41) is 8.95. The van der Waals surface area contributed by atoms with Gasteiger partial charge in [0.25, 0.3) is 5.09 Å². The Hall–Kier alpha value is -3.55. The lowest BCUT2D eigenvalue weighted by Gasteiger charge is -2.29. The molecule has 14 heteroatoms. The van der Waals surface area contributed by atoms with Gasteiger partial charge in [0.2, 0.25) is 12.4 Å². The number of halogens is 3. The summed E-state index contributed by atoms with van der Waals surface area (Å²) in [5.74, 6) is -1.38. The van der Waals surface area contributed by atoms with Crippen molar-refractivity contribution in [3.63, 3.8) is 0 Å². The summed E-state index contributed by atoms with van der Waals surface area (Å²) in [6, 6.07) is 3.21. The second kappa shape index (κ2) is 11.5. The van der Waals surface area contributed by atoms with Crippen molar-refractivity contribution in [1.29, 1.82) is 0 Å². The molecule has 0 aromatic heterocycles. The normalized spacial score (nSPS) is 15.8. The molecular weight excluding hydrogens is 471 g/mol. The monoisotopic (exact) mass is 493 g/mol. The van der Waals surface area contributed by atoms with E-state index in [1.807, 2.05) is 0 Å². The Morgan fingerprint density at radius 1 is 1.15 bits per heavy atom. The molecule has 0 spiro atoms. The highest BCUT2D eigenvalue weighted by molar-refractivity contribution is 5.96. The van der Waals surface area contributed by atoms with Crippen molar-refractivity contribution in [2.24, 2.45) is 0 Å². The third kappa shape index (κ3) is 7.79. The maximum Gasteiger partial charge on any atom is 0.511 e. The molecule has 2 rings (SSSR count). The zero-order valence-electron chi connectivity index (χ0n) is 18.4. The van der Waals surface area contributed by atoms with Gasteiger partial charge in [-0.3, -0.25) is 0 Å². The first-order valence-corrected chi connectivity index (χ1v) is 9.84. The molecule has 0 aliphatic carbocycles. The zero-order chi connectivity index (χ0) is 25.5. The predicted octanol–water partition coefficient (Wildman–Crippen LogP) is 3.28. The summed E-state index contributed by atoms with van der Waals surface area (Å²) in [5.41, 5.74) is 0.699. The van der Waals surface area contributed by atoms with Crippen molar-refractivity contribution in [2.45, 2.75) is 39.3 Å². The SMILES string of the molecule is Cc1cc(C)c2c(c1)C=C(C(=O)OC(C)OC(=O)OCCOCCO[N+](=O)[O-])[C@@H](C(F)(F)F)O2. The number of benzene rings is 1. The quantitative estimate of drug-likeness (QED) is 0.157. The Bertz CT molecular complexity index is 947. The number of nitrogens with zero attached hydrogens (tertiary/aromatic N) is 1. The molecule has 1 aromatic carbocycles. The van der Waals surface area contributed by atoms with E-state index in [2.05, 4.69) is 14.3 Å². The van der Waals surface area contributed by atoms with Crippen LogP contribution in [0.4, 0.5) is 18.0 Å². The van der Waals surface area contributed by atoms with Crippen molar-refractivity contribution in [3.8, 4) is 5.75 Å². The topological polar surface area (TPSA) is 133 Å². The van der Waals surface area contributed by atoms with E-state index in [1.54, 1.807) is 26.0 Å². The van der Waals surface area contributed by atoms with E-state index in [0.717, 1.165) is 18.6 Å². The van der Waals surface area contributed by atoms with Gasteiger partial charge in [-0.25, -0.2) is 9.59 Å². The van der Waals surface area contributed by atoms with Crippen molar-refractivity contribution in [1.82, 2.24) is 0 Å². The molecule has 0 radical (unpaired) electrons. The Morgan fingerprint density at radius 3 is 2.47 bits per heavy atom. The highest BCUT2D eigenvalue weighted by Crippen LogP contribution is 2.39. The van der Waals surface area contributed by atoms with Crippen LogP contribution in [0.25, 0.3) is 6.08 Å². The minimum absolute atomic E-state index is 0.00418. The van der Waals surface area contributed by atoms with Crippen LogP contribution in [0.1, 0.15) is 23.6 Å². The molecule has 1 aliphatic heterocycles. The number of esters is 1. The van der Waals surface area contributed by atoms with Crippen molar-refractivity contribution in [3.05, 3.63) is 44.5 Å². The number of hydrogen-bond acceptors (Lipinski definition) is 10. The maximum absolute atomic E-state index is 13.6. The number of aryl methyl sites for hydroxylation is 2. The molecule has 1 aliphatic rings. The molecule has 1 unspecified atom stereocenters. The van der Waals surface area contributed by atoms with Crippen LogP contribution in [-0.2, 0) is 28.6 Å². The fourth-order valence-electron chi connectivity index (χ4n) is 2.96. The number of carbonyl (C=O) groups is 2. The summed E-state index contributed by atoms with van der Waals surface area (Å²) in [7, 11) is 0. The van der Waals surface area contributed by atoms with Crippen LogP contribution in [0.5, 0.6) is 5.75 Å². The van der Waals surface area contributed by atoms with Gasteiger partial charge < -0.3 is 28.5 Å². The number of rotatable bonds is 10. The number of carbonyl (C=O) groups excluding carboxylic acids is 2. The number of ether oxygens (including phenoxy) is 5. The lowest BCUT2D eigenvalue weighted by molar-refractivity contribution is -0.758. The molecule has 0 fully saturated rings. The van der Waals surface area contributed by atoms with Crippen molar-refractivity contribution in [2.75, 3.05) is 26.4 Å². The highest BCUT2D eigenvalue weighted by Gasteiger charge is 2.49. The standard InChI is InChI=1S/C20H22F3NO10/c1-11-8-12(2)16-14(9-11)10-15(17(34-16)20(21,22)23)18(25)32-13(3)33-19(26)30-6-4-29-5-7-31-24(27)28/h8-10,13,17H,4-7H2,1-3H3/t13?,17-/m0/s1. The van der Waals surface area contributed by atoms with Gasteiger partial charge in [0.1, 0.15) is 19.0 Å². The molecule has 188 valence electrons. The Balaban J connectivity index is 1.92. The van der Waals surface area contributed by atoms with Gasteiger partial charge in [-0.1, -0.05) is 11.6 Å². The molecule has 0 saturated carbocycles. The van der Waals surface area contributed by atoms with Gasteiger partial charge in [0.15, 0.2) is 0 Å². The van der Waals surface area contributed by atoms with Crippen LogP contribution in [0.15, 0.2) is 17.7 Å². The van der Waals surface area contributed by atoms with Crippen LogP contribution < -0.4 is 4.74 Å². The third-order valence-electron chi connectivity index (χ3n) is 4.22. The van der Waals surface area contributed by atoms with Crippen LogP contribution in [0.3, 0.4) is 0 Å². The van der Waals surface area contributed by atoms with Crippen molar-refractivity contribution >= 4 is 18.2 Å². The summed E-state index contributed by atoms with van der Waals surface area (Å²) >= 11 is 0. The van der Waals surface area contributed by atoms with Gasteiger partial charge in [-0.05, 0) is 31.6 Å². The summed E-state index contributed by atoms with van der Waals surface area (Å²) in [4.78, 5) is 38.0. The van der Waals surface area contributed by atoms with Crippen LogP contribution >= 0.6 is 0 Å². The second-order valence-corrected chi connectivity index (χ2v) is 7.00. The van der Waals surface area contributed by atoms with Gasteiger partial charge in [0, 0.05) is 12.5 Å². The van der Waals surface area contributed by atoms with Crippen LogP contribution in [0.2, 0.25) is 0 Å². The number of fused-ring (bicyclic) bond motifs is 1. The summed E-state index contributed by atoms with van der Waals surface area (Å²) in [6.07, 6.45) is -9.30. The Kier molecular flexibility index (Phi) is 9.06. The molecule has 1 aromatic rings. The first-order chi connectivity index (χ1) is 15.9. The van der Waals surface area contributed by atoms with E-state index < -0.39 is 41.4 Å². The first-order valence-electron chi connectivity index (χ1n) is 9.84. The highest BCUT2D eigenvalue weighted by atomic mass is 19.4. The minimum Gasteiger partial charge on any atom is -0.475 e. The van der Waals surface area contributed by atoms with Gasteiger partial charge in [-0.2, -0.15) is 13.2 Å². The average molecular weight is 493 g/mol. The molecule has 0 N–H and O–H groups in total. The van der Waals surface area contributed by atoms with E-state index in [9.17, 15) is 32.9 Å². The van der Waals surface area contributed by atoms with Crippen LogP contribution in [-0.4, -0.2) is 62.2 Å². The Labute approximate surface area is 191 Å². The largest absolute Gasteiger partial charge is 0.511 e. The molecule has 34 heavy (non-hydrogen) atoms. The predicted molar refractivity (Wildman–Crippen MR) is 106 cm³/mol. The average Bonchev–Trinajstić information content (AvgIpc) is 2.70. The molecule has 0 bridgehead atoms. The fourth-order valence-corrected chi connectivity index (χ4v) is 2.96. The van der Waals surface area contributed by atoms with Gasteiger partial charge >= 0.3 is 18.3 Å². The van der Waals surface area contributed by atoms with Crippen LogP contribution in [0, 0.1) is 24.0 Å². The van der Waals surface area contributed by atoms with E-state index >= 15 is 0 Å². The smallest absolute Gasteiger partial charge is 0.475 e. The zero-order valence-corrected chi connectivity index (χ0v) is 18.4. The number of alkyl halides is 3. The van der Waals surface area contributed by atoms with E-state index in [1.165, 1.54) is 0 Å². The summed E-state index contributed by atoms with van der Waals surface area (Å²) in [6.45, 7) is 3.55. The maximum atomic E-state index is 13.6. The molecule has 11 nitrogen and oxygen atoms in total. The molecule has 1 heterocycles. The second-order valence-electron chi connectivity index (χ2n) is 7.00. The third-order valence-corrected chi connectivity index (χ3v) is 4.22. The van der Waals surface area contributed by atoms with Gasteiger partial charge in [-0.15, -0.1) is 10.1 Å². The van der Waals surface area contributed by atoms with E-state index in [4.69, 9.17) is 14.2 Å². The van der Waals surface area contributed by atoms with Gasteiger partial charge in [0.05, 0.1) is 18.8 Å². The molecular formula is C20H22F3NO10. The van der Waals surface area contributed by atoms with E-state index in [0.29, 0.717) is 5.56 Å². The first kappa shape index (κ1) is 26.7. The molecule has 0 amide bonds. The van der Waals surface area contributed by atoms with Crippen molar-refractivity contribution < 1.29 is 56.4 Å². The fraction of sp³-hybridized carbons (Fsp3) is 0.500.